The second kappa shape index (κ2) is 5.77. The third kappa shape index (κ3) is 3.28. The van der Waals surface area contributed by atoms with Gasteiger partial charge >= 0.3 is 0 Å². The zero-order valence-corrected chi connectivity index (χ0v) is 9.98. The summed E-state index contributed by atoms with van der Waals surface area (Å²) < 4.78 is 0. The Morgan fingerprint density at radius 1 is 1.44 bits per heavy atom. The van der Waals surface area contributed by atoms with Gasteiger partial charge in [0.2, 0.25) is 0 Å². The first-order valence-corrected chi connectivity index (χ1v) is 5.03. The highest BCUT2D eigenvalue weighted by atomic mass is 32.1. The van der Waals surface area contributed by atoms with Crippen LogP contribution in [0.1, 0.15) is 5.56 Å². The van der Waals surface area contributed by atoms with Gasteiger partial charge in [-0.2, -0.15) is 5.10 Å². The van der Waals surface area contributed by atoms with E-state index in [2.05, 4.69) is 15.8 Å². The summed E-state index contributed by atoms with van der Waals surface area (Å²) in [5, 5.41) is 39.4. The lowest BCUT2D eigenvalue weighted by atomic mass is 10.2. The monoisotopic (exact) mass is 268 g/mol. The summed E-state index contributed by atoms with van der Waals surface area (Å²) in [6.07, 6.45) is 1.05. The lowest BCUT2D eigenvalue weighted by molar-refractivity contribution is -0.398. The number of nitrogens with one attached hydrogen (secondary N) is 2. The highest BCUT2D eigenvalue weighted by Gasteiger charge is 2.08. The van der Waals surface area contributed by atoms with Crippen LogP contribution in [0.3, 0.4) is 0 Å². The number of hydrazone groups is 1. The molecule has 8 nitrogen and oxygen atoms in total. The molecule has 0 atom stereocenters. The lowest BCUT2D eigenvalue weighted by Crippen LogP contribution is -2.28. The quantitative estimate of drug-likeness (QED) is 0.317. The van der Waals surface area contributed by atoms with Gasteiger partial charge in [0, 0.05) is 13.1 Å². The minimum Gasteiger partial charge on any atom is -0.872 e. The van der Waals surface area contributed by atoms with E-state index in [4.69, 9.17) is 12.2 Å². The summed E-state index contributed by atoms with van der Waals surface area (Å²) in [5.74, 6) is -1.58. The number of nitrogens with zero attached hydrogens (tertiary/aromatic N) is 2. The number of benzene rings is 1. The molecule has 0 aliphatic rings. The van der Waals surface area contributed by atoms with Crippen molar-refractivity contribution < 1.29 is 15.1 Å². The molecule has 0 bridgehead atoms. The van der Waals surface area contributed by atoms with Crippen molar-refractivity contribution in [1.29, 1.82) is 0 Å². The Labute approximate surface area is 107 Å². The van der Waals surface area contributed by atoms with Crippen LogP contribution in [-0.2, 0) is 0 Å². The van der Waals surface area contributed by atoms with E-state index in [1.165, 1.54) is 0 Å². The Hall–Kier alpha value is -2.42. The van der Waals surface area contributed by atoms with Crippen LogP contribution < -0.4 is 21.0 Å². The summed E-state index contributed by atoms with van der Waals surface area (Å²) in [6, 6.07) is 1.52. The van der Waals surface area contributed by atoms with E-state index in [-0.39, 0.29) is 10.7 Å². The van der Waals surface area contributed by atoms with Crippen LogP contribution in [0.25, 0.3) is 0 Å². The third-order valence-corrected chi connectivity index (χ3v) is 2.18. The zero-order chi connectivity index (χ0) is 13.7. The molecule has 0 unspecified atom stereocenters. The molecular formula is C9H8N4O4S-2. The normalized spacial score (nSPS) is 10.3. The van der Waals surface area contributed by atoms with E-state index in [1.807, 2.05) is 0 Å². The Bertz CT molecular complexity index is 518. The number of nitro groups is 1. The highest BCUT2D eigenvalue weighted by Crippen LogP contribution is 2.28. The molecule has 0 aliphatic heterocycles. The summed E-state index contributed by atoms with van der Waals surface area (Å²) in [5.41, 5.74) is 1.62. The Morgan fingerprint density at radius 2 is 2.11 bits per heavy atom. The van der Waals surface area contributed by atoms with Crippen LogP contribution in [0.5, 0.6) is 11.5 Å². The molecule has 18 heavy (non-hydrogen) atoms. The van der Waals surface area contributed by atoms with Gasteiger partial charge in [-0.15, -0.1) is 5.75 Å². The third-order valence-electron chi connectivity index (χ3n) is 1.88. The molecule has 0 heterocycles. The van der Waals surface area contributed by atoms with Gasteiger partial charge in [-0.25, -0.2) is 0 Å². The summed E-state index contributed by atoms with van der Waals surface area (Å²) in [7, 11) is 1.57. The Kier molecular flexibility index (Phi) is 4.38. The highest BCUT2D eigenvalue weighted by molar-refractivity contribution is 7.80. The fourth-order valence-electron chi connectivity index (χ4n) is 1.03. The first-order chi connectivity index (χ1) is 8.45. The molecule has 9 heteroatoms. The maximum Gasteiger partial charge on any atom is 0.262 e. The van der Waals surface area contributed by atoms with Crippen molar-refractivity contribution in [3.63, 3.8) is 0 Å². The first kappa shape index (κ1) is 13.6. The maximum absolute atomic E-state index is 11.4. The van der Waals surface area contributed by atoms with Gasteiger partial charge in [-0.3, -0.25) is 15.5 Å². The second-order valence-corrected chi connectivity index (χ2v) is 3.47. The van der Waals surface area contributed by atoms with Gasteiger partial charge in [0.25, 0.3) is 5.69 Å². The minimum atomic E-state index is -0.930. The Morgan fingerprint density at radius 3 is 2.67 bits per heavy atom. The number of rotatable bonds is 3. The molecule has 1 aromatic rings. The van der Waals surface area contributed by atoms with E-state index in [0.29, 0.717) is 6.07 Å². The van der Waals surface area contributed by atoms with Crippen LogP contribution >= 0.6 is 12.2 Å². The summed E-state index contributed by atoms with van der Waals surface area (Å²) in [6.45, 7) is 0. The van der Waals surface area contributed by atoms with Crippen LogP contribution in [-0.4, -0.2) is 23.3 Å². The largest absolute Gasteiger partial charge is 0.872 e. The van der Waals surface area contributed by atoms with Crippen LogP contribution in [0.4, 0.5) is 5.69 Å². The summed E-state index contributed by atoms with van der Waals surface area (Å²) >= 11 is 4.72. The van der Waals surface area contributed by atoms with Crippen molar-refractivity contribution >= 4 is 29.2 Å². The van der Waals surface area contributed by atoms with E-state index in [0.717, 1.165) is 12.3 Å². The van der Waals surface area contributed by atoms with Crippen LogP contribution in [0, 0.1) is 10.1 Å². The number of nitro benzene ring substituents is 1. The van der Waals surface area contributed by atoms with Crippen molar-refractivity contribution in [2.75, 3.05) is 7.05 Å². The second-order valence-electron chi connectivity index (χ2n) is 3.06. The predicted octanol–water partition coefficient (Wildman–Crippen LogP) is -0.830. The number of hydrogen-bond acceptors (Lipinski definition) is 6. The maximum atomic E-state index is 11.4. The molecule has 0 spiro atoms. The molecule has 0 fully saturated rings. The van der Waals surface area contributed by atoms with E-state index < -0.39 is 22.1 Å². The first-order valence-electron chi connectivity index (χ1n) is 4.63. The standard InChI is InChI=1S/C9H10N4O4S/c1-10-9(18)12-11-4-5-2-6(13(16)17)8(15)3-7(5)14/h2-4,14-15H,1H3,(H2,10,12,18)/p-2. The molecule has 0 aliphatic carbocycles. The number of thiocarbonyl (C=S) groups is 1. The van der Waals surface area contributed by atoms with Crippen LogP contribution in [0.2, 0.25) is 0 Å². The van der Waals surface area contributed by atoms with Crippen molar-refractivity contribution in [3.8, 4) is 11.5 Å². The minimum absolute atomic E-state index is 0.0762. The number of hydrogen-bond donors (Lipinski definition) is 2. The van der Waals surface area contributed by atoms with E-state index in [1.54, 1.807) is 7.05 Å². The average molecular weight is 268 g/mol. The molecule has 2 N–H and O–H groups in total. The fourth-order valence-corrected chi connectivity index (χ4v) is 1.08. The topological polar surface area (TPSA) is 126 Å². The van der Waals surface area contributed by atoms with Crippen molar-refractivity contribution in [3.05, 3.63) is 27.8 Å². The molecular weight excluding hydrogens is 260 g/mol. The van der Waals surface area contributed by atoms with Crippen molar-refractivity contribution in [2.45, 2.75) is 0 Å². The smallest absolute Gasteiger partial charge is 0.262 e. The van der Waals surface area contributed by atoms with Gasteiger partial charge in [0.1, 0.15) is 0 Å². The molecule has 0 aromatic heterocycles. The molecule has 0 saturated carbocycles. The Balaban J connectivity index is 2.99. The lowest BCUT2D eigenvalue weighted by Gasteiger charge is -2.15. The van der Waals surface area contributed by atoms with Gasteiger partial charge < -0.3 is 15.5 Å². The van der Waals surface area contributed by atoms with Gasteiger partial charge in [0.05, 0.1) is 11.1 Å². The van der Waals surface area contributed by atoms with Crippen molar-refractivity contribution in [1.82, 2.24) is 10.7 Å². The molecule has 1 aromatic carbocycles. The SMILES string of the molecule is CNC(=S)NN=Cc1cc([N+](=O)[O-])c([O-])cc1[O-]. The molecule has 0 radical (unpaired) electrons. The fraction of sp³-hybridized carbons (Fsp3) is 0.111. The van der Waals surface area contributed by atoms with Gasteiger partial charge in [-0.05, 0) is 23.5 Å². The molecule has 1 rings (SSSR count). The van der Waals surface area contributed by atoms with E-state index in [9.17, 15) is 20.3 Å². The molecule has 0 amide bonds. The van der Waals surface area contributed by atoms with Crippen LogP contribution in [0.15, 0.2) is 17.2 Å². The van der Waals surface area contributed by atoms with Gasteiger partial charge in [0.15, 0.2) is 5.11 Å². The zero-order valence-electron chi connectivity index (χ0n) is 9.17. The van der Waals surface area contributed by atoms with E-state index >= 15 is 0 Å². The predicted molar refractivity (Wildman–Crippen MR) is 64.4 cm³/mol. The van der Waals surface area contributed by atoms with Crippen molar-refractivity contribution in [2.24, 2.45) is 5.10 Å². The molecule has 96 valence electrons. The summed E-state index contributed by atoms with van der Waals surface area (Å²) in [4.78, 5) is 9.67. The molecule has 0 saturated heterocycles. The van der Waals surface area contributed by atoms with Gasteiger partial charge in [-0.1, -0.05) is 6.07 Å². The average Bonchev–Trinajstić information content (AvgIpc) is 2.31.